The average molecular weight is 412 g/mol. The minimum Gasteiger partial charge on any atom is -0.493 e. The summed E-state index contributed by atoms with van der Waals surface area (Å²) in [6.07, 6.45) is 0.840. The van der Waals surface area contributed by atoms with Crippen molar-refractivity contribution in [2.45, 2.75) is 19.5 Å². The molecule has 0 N–H and O–H groups in total. The van der Waals surface area contributed by atoms with Crippen molar-refractivity contribution in [1.82, 2.24) is 14.7 Å². The minimum absolute atomic E-state index is 0.0187. The fourth-order valence-electron chi connectivity index (χ4n) is 3.58. The van der Waals surface area contributed by atoms with Crippen LogP contribution in [0.15, 0.2) is 48.5 Å². The molecule has 0 atom stereocenters. The fourth-order valence-corrected chi connectivity index (χ4v) is 3.77. The molecule has 1 aromatic heterocycles. The lowest BCUT2D eigenvalue weighted by molar-refractivity contribution is 0.0746. The molecule has 0 radical (unpaired) electrons. The first kappa shape index (κ1) is 19.3. The molecule has 150 valence electrons. The maximum absolute atomic E-state index is 13.0. The Bertz CT molecular complexity index is 1050. The van der Waals surface area contributed by atoms with Gasteiger partial charge in [-0.1, -0.05) is 17.7 Å². The van der Waals surface area contributed by atoms with E-state index in [0.717, 1.165) is 29.9 Å². The molecule has 1 aliphatic heterocycles. The predicted octanol–water partition coefficient (Wildman–Crippen LogP) is 4.27. The molecule has 0 saturated heterocycles. The Morgan fingerprint density at radius 1 is 1.03 bits per heavy atom. The third-order valence-electron chi connectivity index (χ3n) is 5.05. The van der Waals surface area contributed by atoms with E-state index in [0.29, 0.717) is 35.2 Å². The second-order valence-corrected chi connectivity index (χ2v) is 7.34. The highest BCUT2D eigenvalue weighted by Gasteiger charge is 2.22. The van der Waals surface area contributed by atoms with Crippen LogP contribution in [0, 0.1) is 0 Å². The second-order valence-electron chi connectivity index (χ2n) is 6.90. The number of nitrogens with zero attached hydrogens (tertiary/aromatic N) is 3. The molecule has 6 nitrogen and oxygen atoms in total. The Balaban J connectivity index is 1.61. The molecule has 7 heteroatoms. The number of rotatable bonds is 4. The number of hydrogen-bond donors (Lipinski definition) is 0. The number of aromatic nitrogens is 2. The van der Waals surface area contributed by atoms with Gasteiger partial charge in [-0.05, 0) is 48.9 Å². The first-order valence-corrected chi connectivity index (χ1v) is 9.81. The molecule has 0 spiro atoms. The van der Waals surface area contributed by atoms with E-state index >= 15 is 0 Å². The molecular weight excluding hydrogens is 390 g/mol. The van der Waals surface area contributed by atoms with Gasteiger partial charge in [0.1, 0.15) is 0 Å². The molecule has 0 unspecified atom stereocenters. The van der Waals surface area contributed by atoms with Gasteiger partial charge in [0, 0.05) is 29.2 Å². The smallest absolute Gasteiger partial charge is 0.254 e. The zero-order valence-electron chi connectivity index (χ0n) is 16.4. The van der Waals surface area contributed by atoms with Crippen LogP contribution in [0.4, 0.5) is 0 Å². The Labute approximate surface area is 174 Å². The molecular formula is C22H22ClN3O3. The van der Waals surface area contributed by atoms with Crippen LogP contribution < -0.4 is 9.47 Å². The van der Waals surface area contributed by atoms with Gasteiger partial charge in [-0.25, -0.2) is 0 Å². The summed E-state index contributed by atoms with van der Waals surface area (Å²) in [5.74, 6) is 1.32. The highest BCUT2D eigenvalue weighted by Crippen LogP contribution is 2.32. The van der Waals surface area contributed by atoms with Crippen molar-refractivity contribution in [1.29, 1.82) is 0 Å². The van der Waals surface area contributed by atoms with E-state index < -0.39 is 0 Å². The van der Waals surface area contributed by atoms with Crippen molar-refractivity contribution in [3.8, 4) is 22.8 Å². The van der Waals surface area contributed by atoms with E-state index in [1.54, 1.807) is 38.5 Å². The van der Waals surface area contributed by atoms with Crippen molar-refractivity contribution < 1.29 is 14.3 Å². The van der Waals surface area contributed by atoms with Crippen molar-refractivity contribution in [3.05, 3.63) is 64.8 Å². The van der Waals surface area contributed by atoms with Gasteiger partial charge >= 0.3 is 0 Å². The minimum atomic E-state index is -0.0187. The second kappa shape index (κ2) is 8.17. The number of aryl methyl sites for hydroxylation is 1. The maximum Gasteiger partial charge on any atom is 0.254 e. The van der Waals surface area contributed by atoms with Crippen LogP contribution in [0.2, 0.25) is 5.02 Å². The number of benzene rings is 2. The lowest BCUT2D eigenvalue weighted by Crippen LogP contribution is -2.30. The third kappa shape index (κ3) is 3.93. The first-order valence-electron chi connectivity index (χ1n) is 9.43. The summed E-state index contributed by atoms with van der Waals surface area (Å²) in [6, 6.07) is 14.8. The van der Waals surface area contributed by atoms with E-state index in [4.69, 9.17) is 26.2 Å². The lowest BCUT2D eigenvalue weighted by atomic mass is 10.1. The fraction of sp³-hybridized carbons (Fsp3) is 0.273. The van der Waals surface area contributed by atoms with Gasteiger partial charge in [-0.2, -0.15) is 5.10 Å². The molecule has 0 bridgehead atoms. The van der Waals surface area contributed by atoms with Crippen LogP contribution in [-0.4, -0.2) is 41.4 Å². The van der Waals surface area contributed by atoms with Gasteiger partial charge in [0.25, 0.3) is 5.91 Å². The summed E-state index contributed by atoms with van der Waals surface area (Å²) in [5.41, 5.74) is 3.39. The molecule has 4 rings (SSSR count). The average Bonchev–Trinajstić information content (AvgIpc) is 3.04. The lowest BCUT2D eigenvalue weighted by Gasteiger charge is -2.20. The number of amides is 1. The summed E-state index contributed by atoms with van der Waals surface area (Å²) in [6.45, 7) is 1.95. The number of halogens is 1. The van der Waals surface area contributed by atoms with E-state index in [1.165, 1.54) is 0 Å². The highest BCUT2D eigenvalue weighted by molar-refractivity contribution is 6.30. The Morgan fingerprint density at radius 2 is 1.86 bits per heavy atom. The Morgan fingerprint density at radius 3 is 2.62 bits per heavy atom. The summed E-state index contributed by atoms with van der Waals surface area (Å²) >= 11 is 6.05. The van der Waals surface area contributed by atoms with Crippen molar-refractivity contribution in [3.63, 3.8) is 0 Å². The van der Waals surface area contributed by atoms with Gasteiger partial charge < -0.3 is 14.4 Å². The predicted molar refractivity (Wildman–Crippen MR) is 112 cm³/mol. The largest absolute Gasteiger partial charge is 0.493 e. The zero-order valence-corrected chi connectivity index (χ0v) is 17.1. The van der Waals surface area contributed by atoms with E-state index in [2.05, 4.69) is 0 Å². The van der Waals surface area contributed by atoms with Gasteiger partial charge in [0.05, 0.1) is 32.2 Å². The Kier molecular flexibility index (Phi) is 5.45. The van der Waals surface area contributed by atoms with Gasteiger partial charge in [0.2, 0.25) is 0 Å². The highest BCUT2D eigenvalue weighted by atomic mass is 35.5. The number of carbonyl (C=O) groups excluding carboxylic acids is 1. The van der Waals surface area contributed by atoms with Crippen molar-refractivity contribution >= 4 is 17.5 Å². The number of hydrogen-bond acceptors (Lipinski definition) is 4. The van der Waals surface area contributed by atoms with E-state index in [1.807, 2.05) is 33.8 Å². The van der Waals surface area contributed by atoms with Crippen LogP contribution >= 0.6 is 11.6 Å². The van der Waals surface area contributed by atoms with Crippen LogP contribution in [0.3, 0.4) is 0 Å². The Hall–Kier alpha value is -2.99. The summed E-state index contributed by atoms with van der Waals surface area (Å²) in [7, 11) is 3.23. The molecule has 1 amide bonds. The van der Waals surface area contributed by atoms with Gasteiger partial charge in [0.15, 0.2) is 11.5 Å². The molecule has 0 fully saturated rings. The first-order chi connectivity index (χ1) is 14.1. The number of carbonyl (C=O) groups is 1. The molecule has 3 aromatic rings. The van der Waals surface area contributed by atoms with Gasteiger partial charge in [-0.3, -0.25) is 9.48 Å². The maximum atomic E-state index is 13.0. The number of ether oxygens (including phenoxy) is 2. The van der Waals surface area contributed by atoms with Crippen LogP contribution in [-0.2, 0) is 13.1 Å². The summed E-state index contributed by atoms with van der Waals surface area (Å²) < 4.78 is 12.7. The quantitative estimate of drug-likeness (QED) is 0.643. The van der Waals surface area contributed by atoms with Crippen LogP contribution in [0.25, 0.3) is 11.3 Å². The van der Waals surface area contributed by atoms with E-state index in [9.17, 15) is 4.79 Å². The number of methoxy groups -OCH3 is 2. The molecule has 29 heavy (non-hydrogen) atoms. The summed E-state index contributed by atoms with van der Waals surface area (Å²) in [5, 5.41) is 5.32. The zero-order chi connectivity index (χ0) is 20.4. The van der Waals surface area contributed by atoms with E-state index in [-0.39, 0.29) is 5.91 Å². The standard InChI is InChI=1S/C22H22ClN3O3/c1-28-20-8-7-15(12-21(20)29-2)19-13-18-14-25(9-4-10-26(18)24-19)22(27)16-5-3-6-17(23)11-16/h3,5-8,11-13H,4,9-10,14H2,1-2H3. The SMILES string of the molecule is COc1ccc(-c2cc3n(n2)CCCN(C(=O)c2cccc(Cl)c2)C3)cc1OC. The molecule has 2 aromatic carbocycles. The van der Waals surface area contributed by atoms with Gasteiger partial charge in [-0.15, -0.1) is 0 Å². The molecule has 1 aliphatic rings. The monoisotopic (exact) mass is 411 g/mol. The van der Waals surface area contributed by atoms with Crippen molar-refractivity contribution in [2.24, 2.45) is 0 Å². The number of fused-ring (bicyclic) bond motifs is 1. The summed E-state index contributed by atoms with van der Waals surface area (Å²) in [4.78, 5) is 14.8. The molecule has 2 heterocycles. The molecule has 0 aliphatic carbocycles. The van der Waals surface area contributed by atoms with Crippen LogP contribution in [0.5, 0.6) is 11.5 Å². The topological polar surface area (TPSA) is 56.6 Å². The third-order valence-corrected chi connectivity index (χ3v) is 5.29. The molecule has 0 saturated carbocycles. The van der Waals surface area contributed by atoms with Crippen molar-refractivity contribution in [2.75, 3.05) is 20.8 Å². The van der Waals surface area contributed by atoms with Crippen LogP contribution in [0.1, 0.15) is 22.5 Å². The normalized spacial score (nSPS) is 13.6.